The minimum absolute atomic E-state index is 0.0587. The molecule has 0 radical (unpaired) electrons. The smallest absolute Gasteiger partial charge is 0.317 e. The van der Waals surface area contributed by atoms with E-state index in [4.69, 9.17) is 14.2 Å². The number of benzene rings is 1. The number of carbonyl (C=O) groups excluding carboxylic acids is 1. The van der Waals surface area contributed by atoms with Crippen molar-refractivity contribution in [3.05, 3.63) is 72.2 Å². The van der Waals surface area contributed by atoms with Gasteiger partial charge in [-0.25, -0.2) is 28.5 Å². The third-order valence-electron chi connectivity index (χ3n) is 8.13. The lowest BCUT2D eigenvalue weighted by atomic mass is 9.89. The Labute approximate surface area is 273 Å². The summed E-state index contributed by atoms with van der Waals surface area (Å²) in [6, 6.07) is 11.1. The number of hydrogen-bond acceptors (Lipinski definition) is 8. The normalized spacial score (nSPS) is 16.3. The minimum Gasteiger partial charge on any atom is -0.379 e. The van der Waals surface area contributed by atoms with Gasteiger partial charge in [0.25, 0.3) is 0 Å². The summed E-state index contributed by atoms with van der Waals surface area (Å²) in [5.74, 6) is -0.751. The number of nitrogens with zero attached hydrogens (tertiary/aromatic N) is 4. The molecule has 13 heteroatoms. The van der Waals surface area contributed by atoms with E-state index >= 15 is 0 Å². The molecule has 0 spiro atoms. The van der Waals surface area contributed by atoms with Crippen LogP contribution in [0.25, 0.3) is 22.4 Å². The first kappa shape index (κ1) is 34.1. The van der Waals surface area contributed by atoms with Gasteiger partial charge in [0.05, 0.1) is 45.4 Å². The van der Waals surface area contributed by atoms with Crippen LogP contribution >= 0.6 is 0 Å². The van der Waals surface area contributed by atoms with Crippen LogP contribution in [0.15, 0.2) is 55.0 Å². The van der Waals surface area contributed by atoms with Gasteiger partial charge in [0, 0.05) is 48.9 Å². The molecule has 0 unspecified atom stereocenters. The number of pyridine rings is 1. The Morgan fingerprint density at radius 2 is 1.81 bits per heavy atom. The first-order chi connectivity index (χ1) is 23.0. The Balaban J connectivity index is 1.20. The topological polar surface area (TPSA) is 127 Å². The number of nitrogens with one attached hydrogen (secondary N) is 3. The molecule has 3 heterocycles. The number of fused-ring (bicyclic) bond motifs is 1. The second-order valence-corrected chi connectivity index (χ2v) is 11.4. The average Bonchev–Trinajstić information content (AvgIpc) is 3.50. The van der Waals surface area contributed by atoms with Crippen LogP contribution < -0.4 is 10.6 Å². The highest BCUT2D eigenvalue weighted by Gasteiger charge is 2.30. The van der Waals surface area contributed by atoms with Crippen LogP contribution in [-0.4, -0.2) is 95.7 Å². The highest BCUT2D eigenvalue weighted by Crippen LogP contribution is 2.29. The summed E-state index contributed by atoms with van der Waals surface area (Å²) in [6.45, 7) is 5.87. The Morgan fingerprint density at radius 3 is 2.62 bits per heavy atom. The van der Waals surface area contributed by atoms with Crippen LogP contribution in [-0.2, 0) is 20.6 Å². The number of rotatable bonds is 17. The van der Waals surface area contributed by atoms with Crippen LogP contribution in [0.3, 0.4) is 0 Å². The molecule has 1 aliphatic rings. The summed E-state index contributed by atoms with van der Waals surface area (Å²) in [5.41, 5.74) is 2.16. The van der Waals surface area contributed by atoms with Gasteiger partial charge in [-0.1, -0.05) is 30.3 Å². The Morgan fingerprint density at radius 1 is 1.02 bits per heavy atom. The second kappa shape index (κ2) is 17.6. The van der Waals surface area contributed by atoms with E-state index in [0.717, 1.165) is 37.2 Å². The summed E-state index contributed by atoms with van der Waals surface area (Å²) in [7, 11) is 0. The molecule has 11 nitrogen and oxygen atoms in total. The molecule has 1 aromatic carbocycles. The Kier molecular flexibility index (Phi) is 12.8. The fourth-order valence-corrected chi connectivity index (χ4v) is 5.79. The van der Waals surface area contributed by atoms with E-state index in [0.29, 0.717) is 82.2 Å². The number of H-pyrrole nitrogens is 1. The molecule has 1 saturated carbocycles. The van der Waals surface area contributed by atoms with Crippen LogP contribution in [0.4, 0.5) is 19.4 Å². The molecule has 1 fully saturated rings. The van der Waals surface area contributed by atoms with Gasteiger partial charge < -0.3 is 34.7 Å². The third kappa shape index (κ3) is 9.90. The van der Waals surface area contributed by atoms with Crippen molar-refractivity contribution >= 4 is 22.9 Å². The molecular weight excluding hydrogens is 608 g/mol. The van der Waals surface area contributed by atoms with Gasteiger partial charge in [-0.05, 0) is 50.7 Å². The van der Waals surface area contributed by atoms with E-state index in [1.807, 2.05) is 30.0 Å². The van der Waals surface area contributed by atoms with E-state index in [2.05, 4.69) is 42.7 Å². The number of ether oxygens (including phenoxy) is 3. The molecule has 252 valence electrons. The maximum Gasteiger partial charge on any atom is 0.317 e. The lowest BCUT2D eigenvalue weighted by molar-refractivity contribution is 0.0176. The van der Waals surface area contributed by atoms with Crippen LogP contribution in [0, 0.1) is 11.6 Å². The lowest BCUT2D eigenvalue weighted by Gasteiger charge is -2.38. The Bertz CT molecular complexity index is 1560. The van der Waals surface area contributed by atoms with E-state index in [9.17, 15) is 13.6 Å². The molecule has 0 saturated heterocycles. The van der Waals surface area contributed by atoms with Crippen molar-refractivity contribution in [2.45, 2.75) is 51.1 Å². The Hall–Kier alpha value is -4.20. The minimum atomic E-state index is -0.585. The summed E-state index contributed by atoms with van der Waals surface area (Å²) < 4.78 is 45.2. The number of hydrogen-bond donors (Lipinski definition) is 3. The quantitative estimate of drug-likeness (QED) is 0.131. The molecule has 2 amide bonds. The first-order valence-corrected chi connectivity index (χ1v) is 16.3. The van der Waals surface area contributed by atoms with Crippen molar-refractivity contribution in [2.75, 3.05) is 58.0 Å². The standard InChI is InChI=1S/C34H43F2N7O4/c1-2-45-15-16-47-18-17-46-14-12-37-34(44)43(13-11-24-7-4-3-5-8-24)27-10-6-9-26(20-27)41-33-30(36)23-40-32(42-33)29-22-39-31-28(29)19-25(35)21-38-31/h3-5,7-8,19,21-23,26-27H,2,6,9-18,20H2,1H3,(H,37,44)(H,38,39)(H,40,41,42)/t26-,27+/m0/s1. The van der Waals surface area contributed by atoms with Crippen molar-refractivity contribution in [2.24, 2.45) is 0 Å². The van der Waals surface area contributed by atoms with E-state index in [1.54, 1.807) is 6.20 Å². The van der Waals surface area contributed by atoms with Crippen molar-refractivity contribution in [3.63, 3.8) is 0 Å². The molecular formula is C34H43F2N7O4. The molecule has 1 aliphatic carbocycles. The average molecular weight is 652 g/mol. The molecule has 5 rings (SSSR count). The van der Waals surface area contributed by atoms with Gasteiger partial charge in [-0.2, -0.15) is 0 Å². The fourth-order valence-electron chi connectivity index (χ4n) is 5.79. The fraction of sp³-hybridized carbons (Fsp3) is 0.471. The predicted molar refractivity (Wildman–Crippen MR) is 175 cm³/mol. The van der Waals surface area contributed by atoms with Gasteiger partial charge in [-0.3, -0.25) is 0 Å². The van der Waals surface area contributed by atoms with Crippen molar-refractivity contribution in [3.8, 4) is 11.4 Å². The molecule has 0 bridgehead atoms. The largest absolute Gasteiger partial charge is 0.379 e. The molecule has 4 aromatic rings. The van der Waals surface area contributed by atoms with E-state index < -0.39 is 11.6 Å². The van der Waals surface area contributed by atoms with Crippen LogP contribution in [0.2, 0.25) is 0 Å². The monoisotopic (exact) mass is 651 g/mol. The SMILES string of the molecule is CCOCCOCCOCCNC(=O)N(CCc1ccccc1)[C@@H]1CCC[C@H](Nc2nc(-c3c[nH]c4ncc(F)cc34)ncc2F)C1. The summed E-state index contributed by atoms with van der Waals surface area (Å²) in [6.07, 6.45) is 7.70. The van der Waals surface area contributed by atoms with Gasteiger partial charge in [0.15, 0.2) is 17.5 Å². The maximum absolute atomic E-state index is 15.0. The van der Waals surface area contributed by atoms with Gasteiger partial charge in [-0.15, -0.1) is 0 Å². The zero-order chi connectivity index (χ0) is 32.8. The highest BCUT2D eigenvalue weighted by molar-refractivity contribution is 5.91. The first-order valence-electron chi connectivity index (χ1n) is 16.3. The third-order valence-corrected chi connectivity index (χ3v) is 8.13. The number of amides is 2. The summed E-state index contributed by atoms with van der Waals surface area (Å²) >= 11 is 0. The zero-order valence-electron chi connectivity index (χ0n) is 26.7. The van der Waals surface area contributed by atoms with Crippen LogP contribution in [0.5, 0.6) is 0 Å². The number of carbonyl (C=O) groups is 1. The molecule has 3 aromatic heterocycles. The summed E-state index contributed by atoms with van der Waals surface area (Å²) in [4.78, 5) is 31.1. The predicted octanol–water partition coefficient (Wildman–Crippen LogP) is 5.35. The lowest BCUT2D eigenvalue weighted by Crippen LogP contribution is -2.50. The van der Waals surface area contributed by atoms with Crippen molar-refractivity contribution in [1.82, 2.24) is 30.2 Å². The van der Waals surface area contributed by atoms with Crippen LogP contribution in [0.1, 0.15) is 38.2 Å². The molecule has 2 atom stereocenters. The van der Waals surface area contributed by atoms with E-state index in [1.165, 1.54) is 6.07 Å². The van der Waals surface area contributed by atoms with Crippen molar-refractivity contribution < 1.29 is 27.8 Å². The molecule has 47 heavy (non-hydrogen) atoms. The highest BCUT2D eigenvalue weighted by atomic mass is 19.1. The summed E-state index contributed by atoms with van der Waals surface area (Å²) in [5, 5.41) is 6.80. The number of aromatic nitrogens is 4. The second-order valence-electron chi connectivity index (χ2n) is 11.4. The van der Waals surface area contributed by atoms with Gasteiger partial charge in [0.1, 0.15) is 11.5 Å². The van der Waals surface area contributed by atoms with E-state index in [-0.39, 0.29) is 29.8 Å². The number of aromatic amines is 1. The number of urea groups is 1. The molecule has 0 aliphatic heterocycles. The zero-order valence-corrected chi connectivity index (χ0v) is 26.7. The number of anilines is 1. The molecule has 3 N–H and O–H groups in total. The number of halogens is 2. The van der Waals surface area contributed by atoms with Gasteiger partial charge in [0.2, 0.25) is 0 Å². The van der Waals surface area contributed by atoms with Gasteiger partial charge >= 0.3 is 6.03 Å². The maximum atomic E-state index is 15.0. The van der Waals surface area contributed by atoms with Crippen molar-refractivity contribution in [1.29, 1.82) is 0 Å².